The molecule has 268 valence electrons. The Kier molecular flexibility index (Phi) is 23.5. The van der Waals surface area contributed by atoms with E-state index in [-0.39, 0.29) is 83.9 Å². The van der Waals surface area contributed by atoms with Crippen LogP contribution in [0, 0.1) is 11.6 Å². The van der Waals surface area contributed by atoms with E-state index in [0.29, 0.717) is 38.3 Å². The van der Waals surface area contributed by atoms with E-state index in [9.17, 15) is 28.0 Å². The van der Waals surface area contributed by atoms with E-state index in [2.05, 4.69) is 36.7 Å². The van der Waals surface area contributed by atoms with Crippen LogP contribution in [0.15, 0.2) is 93.9 Å². The molecular formula is C36H32BBr2F2NaO10. The Hall–Kier alpha value is -3.73. The fourth-order valence-corrected chi connectivity index (χ4v) is 5.04. The molecule has 0 saturated heterocycles. The van der Waals surface area contributed by atoms with Crippen molar-refractivity contribution in [3.05, 3.63) is 139 Å². The summed E-state index contributed by atoms with van der Waals surface area (Å²) in [4.78, 5) is 58.2. The number of ketones is 2. The molecule has 0 bridgehead atoms. The monoisotopic (exact) mass is 854 g/mol. The number of carboxylic acid groups (broad SMARTS) is 2. The molecule has 0 aliphatic rings. The van der Waals surface area contributed by atoms with Gasteiger partial charge >= 0.3 is 57.6 Å². The van der Waals surface area contributed by atoms with Crippen molar-refractivity contribution in [3.8, 4) is 0 Å². The first-order valence-electron chi connectivity index (χ1n) is 14.8. The molecule has 10 nitrogen and oxygen atoms in total. The van der Waals surface area contributed by atoms with Gasteiger partial charge in [0.15, 0.2) is 17.9 Å². The number of hydrogen-bond acceptors (Lipinski definition) is 8. The van der Waals surface area contributed by atoms with E-state index in [1.54, 1.807) is 54.6 Å². The molecule has 0 amide bonds. The van der Waals surface area contributed by atoms with Crippen molar-refractivity contribution in [2.24, 2.45) is 0 Å². The van der Waals surface area contributed by atoms with Crippen molar-refractivity contribution >= 4 is 69.0 Å². The summed E-state index contributed by atoms with van der Waals surface area (Å²) >= 11 is 6.40. The van der Waals surface area contributed by atoms with Gasteiger partial charge in [-0.25, -0.2) is 13.6 Å². The van der Waals surface area contributed by atoms with Crippen LogP contribution in [0.2, 0.25) is 0 Å². The molecule has 0 saturated carbocycles. The van der Waals surface area contributed by atoms with Gasteiger partial charge in [0.2, 0.25) is 0 Å². The summed E-state index contributed by atoms with van der Waals surface area (Å²) in [7, 11) is -0.181. The van der Waals surface area contributed by atoms with Crippen LogP contribution in [0.5, 0.6) is 0 Å². The van der Waals surface area contributed by atoms with Crippen LogP contribution in [0.3, 0.4) is 0 Å². The molecule has 4 aromatic rings. The first-order chi connectivity index (χ1) is 24.0. The van der Waals surface area contributed by atoms with Crippen molar-refractivity contribution in [2.75, 3.05) is 0 Å². The first kappa shape index (κ1) is 48.3. The molecule has 0 unspecified atom stereocenters. The quantitative estimate of drug-likeness (QED) is 0.0703. The second kappa shape index (κ2) is 25.3. The minimum absolute atomic E-state index is 0. The fraction of sp³-hybridized carbons (Fsp3) is 0.194. The summed E-state index contributed by atoms with van der Waals surface area (Å²) in [6.45, 7) is 4.88. The molecule has 0 spiro atoms. The van der Waals surface area contributed by atoms with Gasteiger partial charge in [-0.1, -0.05) is 66.2 Å². The number of benzene rings is 4. The Balaban J connectivity index is 0.000000817. The summed E-state index contributed by atoms with van der Waals surface area (Å²) in [5.41, 5.74) is 3.15. The number of aromatic carboxylic acids is 1. The Labute approximate surface area is 338 Å². The number of aliphatic carboxylic acids is 1. The van der Waals surface area contributed by atoms with E-state index in [4.69, 9.17) is 25.0 Å². The maximum Gasteiger partial charge on any atom is 1.00 e. The molecule has 16 heteroatoms. The second-order valence-corrected chi connectivity index (χ2v) is 12.4. The Morgan fingerprint density at radius 1 is 0.769 bits per heavy atom. The summed E-state index contributed by atoms with van der Waals surface area (Å²) in [6.07, 6.45) is 1.25. The maximum absolute atomic E-state index is 12.9. The standard InChI is InChI=1S/C17H14BrFO3.C17H14BrFO2.C2H4O2.BHO3.Na/c1-10(11-2-5-13(19)6-3-11)8-16(20)12-4-7-15(18)14(9-12)17(21)22;1-11(12-2-5-15(19)6-3-12)8-17(21)13-4-7-16(18)14(9-13)10-20;1-2(3)4;2-1-4-3;/h2-7,9-10H,8H2,1H3,(H,21,22);2-7,9-11H,8H2,1H3;1H3,(H,3,4);3H;/q;;;;+1/p-1/t10-;11-;;;/m00.../s1. The Morgan fingerprint density at radius 3 is 1.48 bits per heavy atom. The number of rotatable bonds is 11. The zero-order valence-corrected chi connectivity index (χ0v) is 33.7. The molecule has 0 aliphatic carbocycles. The van der Waals surface area contributed by atoms with Crippen molar-refractivity contribution in [3.63, 3.8) is 0 Å². The molecule has 2 atom stereocenters. The second-order valence-electron chi connectivity index (χ2n) is 10.7. The van der Waals surface area contributed by atoms with Gasteiger partial charge in [0.25, 0.3) is 5.97 Å². The average Bonchev–Trinajstić information content (AvgIpc) is 3.09. The predicted octanol–water partition coefficient (Wildman–Crippen LogP) is 4.78. The minimum atomic E-state index is -1.09. The summed E-state index contributed by atoms with van der Waals surface area (Å²) < 4.78 is 35.5. The fourth-order valence-electron chi connectivity index (χ4n) is 4.28. The first-order valence-corrected chi connectivity index (χ1v) is 16.4. The van der Waals surface area contributed by atoms with Crippen molar-refractivity contribution < 1.29 is 87.3 Å². The van der Waals surface area contributed by atoms with E-state index in [1.165, 1.54) is 30.3 Å². The molecule has 52 heavy (non-hydrogen) atoms. The summed E-state index contributed by atoms with van der Waals surface area (Å²) in [5, 5.41) is 24.9. The van der Waals surface area contributed by atoms with Gasteiger partial charge in [-0.05, 0) is 87.4 Å². The third kappa shape index (κ3) is 17.7. The summed E-state index contributed by atoms with van der Waals surface area (Å²) in [5.74, 6) is -2.81. The van der Waals surface area contributed by atoms with Crippen LogP contribution in [-0.4, -0.2) is 47.4 Å². The number of halogens is 4. The molecule has 0 fully saturated rings. The van der Waals surface area contributed by atoms with Gasteiger partial charge in [-0.15, -0.1) is 0 Å². The smallest absolute Gasteiger partial charge is 1.00 e. The van der Waals surface area contributed by atoms with E-state index < -0.39 is 11.9 Å². The Bertz CT molecular complexity index is 1810. The normalized spacial score (nSPS) is 10.7. The van der Waals surface area contributed by atoms with Gasteiger partial charge in [-0.2, -0.15) is 0 Å². The van der Waals surface area contributed by atoms with Gasteiger partial charge in [0.05, 0.1) is 5.56 Å². The number of hydrogen-bond donors (Lipinski definition) is 2. The van der Waals surface area contributed by atoms with Crippen LogP contribution >= 0.6 is 31.9 Å². The average molecular weight is 856 g/mol. The third-order valence-corrected chi connectivity index (χ3v) is 8.28. The van der Waals surface area contributed by atoms with Gasteiger partial charge < -0.3 is 10.2 Å². The SMILES string of the molecule is CC(=O)O.C[C@@H](CC(=O)c1ccc(Br)c(C(=O)O)c1)c1ccc(F)cc1.C[C@@H](CC(=O)c1ccc(Br)c(C=O)c1)c1ccc(F)cc1.O=BO[O-].[Na+]. The number of carboxylic acids is 2. The molecule has 0 aliphatic heterocycles. The van der Waals surface area contributed by atoms with Crippen LogP contribution in [0.1, 0.15) is 98.0 Å². The minimum Gasteiger partial charge on any atom is 1.00 e. The van der Waals surface area contributed by atoms with Crippen molar-refractivity contribution in [2.45, 2.75) is 45.4 Å². The predicted molar refractivity (Wildman–Crippen MR) is 189 cm³/mol. The van der Waals surface area contributed by atoms with E-state index >= 15 is 0 Å². The zero-order chi connectivity index (χ0) is 38.7. The number of carbonyl (C=O) groups excluding carboxylic acids is 3. The molecule has 0 aromatic heterocycles. The summed E-state index contributed by atoms with van der Waals surface area (Å²) in [6, 6.07) is 21.7. The van der Waals surface area contributed by atoms with Crippen molar-refractivity contribution in [1.29, 1.82) is 0 Å². The van der Waals surface area contributed by atoms with Gasteiger partial charge in [0.1, 0.15) is 11.6 Å². The van der Waals surface area contributed by atoms with E-state index in [0.717, 1.165) is 18.1 Å². The topological polar surface area (TPSA) is 175 Å². The zero-order valence-electron chi connectivity index (χ0n) is 28.5. The molecule has 0 heterocycles. The van der Waals surface area contributed by atoms with Crippen LogP contribution < -0.4 is 34.8 Å². The van der Waals surface area contributed by atoms with Crippen LogP contribution in [0.4, 0.5) is 8.78 Å². The largest absolute Gasteiger partial charge is 1.00 e. The number of aldehydes is 1. The molecule has 2 N–H and O–H groups in total. The van der Waals surface area contributed by atoms with Crippen LogP contribution in [0.25, 0.3) is 0 Å². The third-order valence-electron chi connectivity index (χ3n) is 6.86. The number of carbonyl (C=O) groups is 5. The van der Waals surface area contributed by atoms with Crippen molar-refractivity contribution in [1.82, 2.24) is 0 Å². The maximum atomic E-state index is 12.9. The van der Waals surface area contributed by atoms with Gasteiger partial charge in [-0.3, -0.25) is 19.2 Å². The molecule has 0 radical (unpaired) electrons. The van der Waals surface area contributed by atoms with Gasteiger partial charge in [0, 0.05) is 45.4 Å². The number of Topliss-reactive ketones (excluding diaryl/α,β-unsaturated/α-hetero) is 2. The molecule has 4 aromatic carbocycles. The Morgan fingerprint density at radius 2 is 1.13 bits per heavy atom. The molecule has 4 rings (SSSR count). The molecular weight excluding hydrogens is 824 g/mol. The van der Waals surface area contributed by atoms with E-state index in [1.807, 2.05) is 13.8 Å². The van der Waals surface area contributed by atoms with Crippen LogP contribution in [-0.2, 0) is 14.3 Å².